The van der Waals surface area contributed by atoms with Crippen LogP contribution in [0.1, 0.15) is 49.9 Å². The Morgan fingerprint density at radius 2 is 1.88 bits per heavy atom. The first-order valence-electron chi connectivity index (χ1n) is 11.5. The van der Waals surface area contributed by atoms with Crippen molar-refractivity contribution < 1.29 is 22.3 Å². The van der Waals surface area contributed by atoms with Gasteiger partial charge in [-0.1, -0.05) is 32.0 Å². The fourth-order valence-corrected chi connectivity index (χ4v) is 6.81. The fraction of sp³-hybridized carbons (Fsp3) is 0.696. The Morgan fingerprint density at radius 1 is 1.22 bits per heavy atom. The smallest absolute Gasteiger partial charge is 0.253 e. The van der Waals surface area contributed by atoms with Crippen LogP contribution in [0.4, 0.5) is 4.39 Å². The van der Waals surface area contributed by atoms with Crippen LogP contribution in [0.3, 0.4) is 0 Å². The predicted molar refractivity (Wildman–Crippen MR) is 123 cm³/mol. The third-order valence-corrected chi connectivity index (χ3v) is 8.76. The highest BCUT2D eigenvalue weighted by Gasteiger charge is 2.51. The predicted octanol–water partition coefficient (Wildman–Crippen LogP) is 2.64. The Balaban J connectivity index is 1.84. The standard InChI is InChI=1S/C23H36FN3O4S/c1-4-14-32(29,30)27-12-10-26(11-13-27)23(16-18(2)15-20(24)17-23)22(31-3)25-21(28)19-8-6-5-7-9-19/h5-9,18,20,22H,4,10-17H2,1-3H3,(H,25,28). The van der Waals surface area contributed by atoms with Gasteiger partial charge in [-0.05, 0) is 37.3 Å². The molecule has 1 amide bonds. The van der Waals surface area contributed by atoms with Crippen molar-refractivity contribution in [2.75, 3.05) is 39.0 Å². The number of sulfonamides is 1. The molecule has 0 bridgehead atoms. The van der Waals surface area contributed by atoms with Crippen LogP contribution in [0.5, 0.6) is 0 Å². The number of hydrogen-bond donors (Lipinski definition) is 1. The lowest BCUT2D eigenvalue weighted by Gasteiger charge is -2.54. The van der Waals surface area contributed by atoms with E-state index in [4.69, 9.17) is 4.74 Å². The summed E-state index contributed by atoms with van der Waals surface area (Å²) in [4.78, 5) is 15.1. The second-order valence-electron chi connectivity index (χ2n) is 9.11. The molecule has 1 heterocycles. The molecule has 1 saturated heterocycles. The van der Waals surface area contributed by atoms with Crippen molar-refractivity contribution in [1.82, 2.24) is 14.5 Å². The van der Waals surface area contributed by atoms with Crippen LogP contribution in [0.2, 0.25) is 0 Å². The van der Waals surface area contributed by atoms with Gasteiger partial charge in [-0.15, -0.1) is 0 Å². The maximum Gasteiger partial charge on any atom is 0.253 e. The molecule has 0 aromatic heterocycles. The van der Waals surface area contributed by atoms with Crippen molar-refractivity contribution in [2.24, 2.45) is 5.92 Å². The van der Waals surface area contributed by atoms with E-state index in [1.165, 1.54) is 11.4 Å². The van der Waals surface area contributed by atoms with Crippen molar-refractivity contribution in [2.45, 2.75) is 57.5 Å². The number of amides is 1. The number of nitrogens with zero attached hydrogens (tertiary/aromatic N) is 2. The van der Waals surface area contributed by atoms with E-state index in [9.17, 15) is 17.6 Å². The second kappa shape index (κ2) is 10.6. The first kappa shape index (κ1) is 25.1. The van der Waals surface area contributed by atoms with E-state index in [0.717, 1.165) is 0 Å². The summed E-state index contributed by atoms with van der Waals surface area (Å²) >= 11 is 0. The Morgan fingerprint density at radius 3 is 2.44 bits per heavy atom. The van der Waals surface area contributed by atoms with Gasteiger partial charge in [0.05, 0.1) is 11.3 Å². The number of piperazine rings is 1. The van der Waals surface area contributed by atoms with Crippen molar-refractivity contribution in [3.8, 4) is 0 Å². The van der Waals surface area contributed by atoms with Crippen LogP contribution < -0.4 is 5.32 Å². The van der Waals surface area contributed by atoms with E-state index in [-0.39, 0.29) is 24.0 Å². The molecule has 1 saturated carbocycles. The van der Waals surface area contributed by atoms with Gasteiger partial charge < -0.3 is 10.1 Å². The first-order chi connectivity index (χ1) is 15.2. The van der Waals surface area contributed by atoms with Crippen molar-refractivity contribution >= 4 is 15.9 Å². The molecular weight excluding hydrogens is 433 g/mol. The maximum absolute atomic E-state index is 14.9. The molecule has 1 aliphatic heterocycles. The number of methoxy groups -OCH3 is 1. The van der Waals surface area contributed by atoms with E-state index in [0.29, 0.717) is 51.0 Å². The SMILES string of the molecule is CCCS(=O)(=O)N1CCN(C2(C(NC(=O)c3ccccc3)OC)CC(C)CC(F)C2)CC1. The Bertz CT molecular complexity index is 849. The van der Waals surface area contributed by atoms with Crippen LogP contribution in [-0.2, 0) is 14.8 Å². The molecule has 1 aliphatic carbocycles. The van der Waals surface area contributed by atoms with Crippen LogP contribution in [0, 0.1) is 5.92 Å². The topological polar surface area (TPSA) is 79.0 Å². The van der Waals surface area contributed by atoms with Gasteiger partial charge in [0.2, 0.25) is 10.0 Å². The lowest BCUT2D eigenvalue weighted by molar-refractivity contribution is -0.115. The molecule has 32 heavy (non-hydrogen) atoms. The highest BCUT2D eigenvalue weighted by Crippen LogP contribution is 2.41. The molecule has 9 heteroatoms. The monoisotopic (exact) mass is 469 g/mol. The summed E-state index contributed by atoms with van der Waals surface area (Å²) in [7, 11) is -1.74. The van der Waals surface area contributed by atoms with Gasteiger partial charge in [0.1, 0.15) is 12.4 Å². The zero-order valence-electron chi connectivity index (χ0n) is 19.3. The molecule has 4 atom stereocenters. The quantitative estimate of drug-likeness (QED) is 0.592. The van der Waals surface area contributed by atoms with Crippen LogP contribution in [0.15, 0.2) is 30.3 Å². The van der Waals surface area contributed by atoms with Gasteiger partial charge in [0, 0.05) is 45.3 Å². The molecule has 1 aromatic rings. The lowest BCUT2D eigenvalue weighted by Crippen LogP contribution is -2.69. The molecule has 3 rings (SSSR count). The Labute approximate surface area is 191 Å². The van der Waals surface area contributed by atoms with Gasteiger partial charge in [-0.3, -0.25) is 9.69 Å². The molecule has 1 N–H and O–H groups in total. The van der Waals surface area contributed by atoms with Crippen LogP contribution >= 0.6 is 0 Å². The normalized spacial score (nSPS) is 28.9. The van der Waals surface area contributed by atoms with Gasteiger partial charge >= 0.3 is 0 Å². The number of ether oxygens (including phenoxy) is 1. The van der Waals surface area contributed by atoms with Gasteiger partial charge in [0.15, 0.2) is 0 Å². The lowest BCUT2D eigenvalue weighted by atomic mass is 9.72. The highest BCUT2D eigenvalue weighted by atomic mass is 32.2. The highest BCUT2D eigenvalue weighted by molar-refractivity contribution is 7.89. The molecular formula is C23H36FN3O4S. The van der Waals surface area contributed by atoms with Crippen molar-refractivity contribution in [3.63, 3.8) is 0 Å². The first-order valence-corrected chi connectivity index (χ1v) is 13.1. The summed E-state index contributed by atoms with van der Waals surface area (Å²) in [5.41, 5.74) is -0.225. The van der Waals surface area contributed by atoms with E-state index < -0.39 is 28.0 Å². The fourth-order valence-electron chi connectivity index (χ4n) is 5.31. The van der Waals surface area contributed by atoms with Crippen LogP contribution in [-0.4, -0.2) is 80.5 Å². The number of halogens is 1. The average molecular weight is 470 g/mol. The summed E-state index contributed by atoms with van der Waals surface area (Å²) in [6.45, 7) is 5.55. The zero-order valence-corrected chi connectivity index (χ0v) is 20.1. The van der Waals surface area contributed by atoms with E-state index in [1.54, 1.807) is 24.3 Å². The third kappa shape index (κ3) is 5.50. The average Bonchev–Trinajstić information content (AvgIpc) is 2.77. The molecule has 0 spiro atoms. The summed E-state index contributed by atoms with van der Waals surface area (Å²) in [6.07, 6.45) is 0.248. The minimum atomic E-state index is -3.28. The number of hydrogen-bond acceptors (Lipinski definition) is 5. The number of carbonyl (C=O) groups is 1. The summed E-state index contributed by atoms with van der Waals surface area (Å²) < 4.78 is 47.3. The number of benzene rings is 1. The number of carbonyl (C=O) groups excluding carboxylic acids is 1. The maximum atomic E-state index is 14.9. The zero-order chi connectivity index (χ0) is 23.4. The van der Waals surface area contributed by atoms with E-state index in [1.807, 2.05) is 19.9 Å². The van der Waals surface area contributed by atoms with E-state index >= 15 is 0 Å². The Kier molecular flexibility index (Phi) is 8.30. The largest absolute Gasteiger partial charge is 0.360 e. The van der Waals surface area contributed by atoms with Gasteiger partial charge in [-0.2, -0.15) is 4.31 Å². The minimum Gasteiger partial charge on any atom is -0.360 e. The third-order valence-electron chi connectivity index (χ3n) is 6.68. The molecule has 2 fully saturated rings. The van der Waals surface area contributed by atoms with Gasteiger partial charge in [-0.25, -0.2) is 12.8 Å². The number of nitrogens with one attached hydrogen (secondary N) is 1. The number of alkyl halides is 1. The Hall–Kier alpha value is -1.55. The molecule has 7 nitrogen and oxygen atoms in total. The molecule has 4 unspecified atom stereocenters. The summed E-state index contributed by atoms with van der Waals surface area (Å²) in [5.74, 6) is -0.0169. The molecule has 180 valence electrons. The molecule has 1 aromatic carbocycles. The van der Waals surface area contributed by atoms with E-state index in [2.05, 4.69) is 10.2 Å². The van der Waals surface area contributed by atoms with Crippen LogP contribution in [0.25, 0.3) is 0 Å². The summed E-state index contributed by atoms with van der Waals surface area (Å²) in [5, 5.41) is 2.99. The summed E-state index contributed by atoms with van der Waals surface area (Å²) in [6, 6.07) is 8.89. The number of rotatable bonds is 8. The minimum absolute atomic E-state index is 0.117. The molecule has 2 aliphatic rings. The van der Waals surface area contributed by atoms with Crippen molar-refractivity contribution in [3.05, 3.63) is 35.9 Å². The van der Waals surface area contributed by atoms with Crippen molar-refractivity contribution in [1.29, 1.82) is 0 Å². The second-order valence-corrected chi connectivity index (χ2v) is 11.2. The van der Waals surface area contributed by atoms with Gasteiger partial charge in [0.25, 0.3) is 5.91 Å². The molecule has 0 radical (unpaired) electrons.